The van der Waals surface area contributed by atoms with Crippen molar-refractivity contribution in [2.45, 2.75) is 65.2 Å². The molecule has 0 aliphatic carbocycles. The smallest absolute Gasteiger partial charge is 0.0104 e. The molecule has 0 rings (SSSR count). The molecule has 0 aliphatic rings. The molecule has 86 valence electrons. The van der Waals surface area contributed by atoms with Gasteiger partial charge in [0.15, 0.2) is 0 Å². The predicted molar refractivity (Wildman–Crippen MR) is 67.5 cm³/mol. The third kappa shape index (κ3) is 22.6. The Morgan fingerprint density at radius 2 is 1.14 bits per heavy atom. The SMILES string of the molecule is C=CCN.CCCCCCCCCC. The second-order valence-electron chi connectivity index (χ2n) is 3.65. The lowest BCUT2D eigenvalue weighted by Crippen LogP contribution is -1.90. The van der Waals surface area contributed by atoms with Gasteiger partial charge in [-0.05, 0) is 0 Å². The molecule has 0 aliphatic heterocycles. The molecular weight excluding hydrogens is 170 g/mol. The van der Waals surface area contributed by atoms with E-state index < -0.39 is 0 Å². The van der Waals surface area contributed by atoms with E-state index in [0.717, 1.165) is 0 Å². The summed E-state index contributed by atoms with van der Waals surface area (Å²) in [5.74, 6) is 0. The number of hydrogen-bond acceptors (Lipinski definition) is 1. The third-order valence-corrected chi connectivity index (χ3v) is 2.12. The van der Waals surface area contributed by atoms with Crippen molar-refractivity contribution in [2.75, 3.05) is 6.54 Å². The van der Waals surface area contributed by atoms with Crippen molar-refractivity contribution in [2.24, 2.45) is 5.73 Å². The van der Waals surface area contributed by atoms with Gasteiger partial charge in [0.2, 0.25) is 0 Å². The minimum absolute atomic E-state index is 0.583. The van der Waals surface area contributed by atoms with Gasteiger partial charge < -0.3 is 5.73 Å². The molecule has 0 unspecified atom stereocenters. The largest absolute Gasteiger partial charge is 0.327 e. The molecule has 0 heterocycles. The maximum Gasteiger partial charge on any atom is 0.0104 e. The average Bonchev–Trinajstić information content (AvgIpc) is 2.24. The molecule has 0 saturated heterocycles. The fraction of sp³-hybridized carbons (Fsp3) is 0.846. The van der Waals surface area contributed by atoms with Crippen molar-refractivity contribution < 1.29 is 0 Å². The van der Waals surface area contributed by atoms with Crippen LogP contribution in [0.5, 0.6) is 0 Å². The summed E-state index contributed by atoms with van der Waals surface area (Å²) < 4.78 is 0. The van der Waals surface area contributed by atoms with E-state index in [1.54, 1.807) is 6.08 Å². The Bertz CT molecular complexity index is 81.2. The molecule has 14 heavy (non-hydrogen) atoms. The fourth-order valence-corrected chi connectivity index (χ4v) is 1.21. The Morgan fingerprint density at radius 1 is 0.857 bits per heavy atom. The predicted octanol–water partition coefficient (Wildman–Crippen LogP) is 4.28. The highest BCUT2D eigenvalue weighted by atomic mass is 14.5. The minimum Gasteiger partial charge on any atom is -0.327 e. The first-order valence-electron chi connectivity index (χ1n) is 6.14. The first-order valence-corrected chi connectivity index (χ1v) is 6.14. The van der Waals surface area contributed by atoms with E-state index in [0.29, 0.717) is 6.54 Å². The molecule has 1 heteroatoms. The zero-order valence-corrected chi connectivity index (χ0v) is 10.2. The van der Waals surface area contributed by atoms with Crippen LogP contribution >= 0.6 is 0 Å². The van der Waals surface area contributed by atoms with Gasteiger partial charge in [0.1, 0.15) is 0 Å². The number of unbranched alkanes of at least 4 members (excludes halogenated alkanes) is 7. The maximum atomic E-state index is 4.91. The Kier molecular flexibility index (Phi) is 21.3. The van der Waals surface area contributed by atoms with Gasteiger partial charge in [-0.15, -0.1) is 6.58 Å². The molecule has 0 bridgehead atoms. The molecular formula is C13H29N. The van der Waals surface area contributed by atoms with Gasteiger partial charge >= 0.3 is 0 Å². The summed E-state index contributed by atoms with van der Waals surface area (Å²) in [6.07, 6.45) is 13.1. The van der Waals surface area contributed by atoms with E-state index in [2.05, 4.69) is 20.4 Å². The van der Waals surface area contributed by atoms with Crippen LogP contribution in [0.2, 0.25) is 0 Å². The number of hydrogen-bond donors (Lipinski definition) is 1. The summed E-state index contributed by atoms with van der Waals surface area (Å²) >= 11 is 0. The van der Waals surface area contributed by atoms with Crippen molar-refractivity contribution in [3.05, 3.63) is 12.7 Å². The van der Waals surface area contributed by atoms with Gasteiger partial charge in [0.25, 0.3) is 0 Å². The van der Waals surface area contributed by atoms with Crippen LogP contribution in [0.15, 0.2) is 12.7 Å². The fourth-order valence-electron chi connectivity index (χ4n) is 1.21. The van der Waals surface area contributed by atoms with Gasteiger partial charge in [-0.25, -0.2) is 0 Å². The van der Waals surface area contributed by atoms with E-state index in [9.17, 15) is 0 Å². The Balaban J connectivity index is 0. The molecule has 0 radical (unpaired) electrons. The lowest BCUT2D eigenvalue weighted by molar-refractivity contribution is 0.585. The van der Waals surface area contributed by atoms with Gasteiger partial charge in [0.05, 0.1) is 0 Å². The zero-order chi connectivity index (χ0) is 11.1. The molecule has 0 aromatic rings. The molecule has 0 saturated carbocycles. The number of rotatable bonds is 8. The second kappa shape index (κ2) is 18.5. The minimum atomic E-state index is 0.583. The first-order chi connectivity index (χ1) is 6.83. The van der Waals surface area contributed by atoms with E-state index in [1.165, 1.54) is 51.4 Å². The van der Waals surface area contributed by atoms with Gasteiger partial charge in [0, 0.05) is 6.54 Å². The van der Waals surface area contributed by atoms with Crippen LogP contribution in [0.25, 0.3) is 0 Å². The van der Waals surface area contributed by atoms with E-state index in [4.69, 9.17) is 5.73 Å². The Morgan fingerprint density at radius 3 is 1.36 bits per heavy atom. The van der Waals surface area contributed by atoms with Crippen LogP contribution in [0.3, 0.4) is 0 Å². The van der Waals surface area contributed by atoms with Crippen LogP contribution in [0, 0.1) is 0 Å². The monoisotopic (exact) mass is 199 g/mol. The van der Waals surface area contributed by atoms with Crippen molar-refractivity contribution in [3.63, 3.8) is 0 Å². The highest BCUT2D eigenvalue weighted by Crippen LogP contribution is 2.07. The van der Waals surface area contributed by atoms with Gasteiger partial charge in [-0.1, -0.05) is 71.3 Å². The summed E-state index contributed by atoms with van der Waals surface area (Å²) in [4.78, 5) is 0. The zero-order valence-electron chi connectivity index (χ0n) is 10.2. The lowest BCUT2D eigenvalue weighted by Gasteiger charge is -1.97. The average molecular weight is 199 g/mol. The van der Waals surface area contributed by atoms with Crippen molar-refractivity contribution in [1.82, 2.24) is 0 Å². The molecule has 0 spiro atoms. The summed E-state index contributed by atoms with van der Waals surface area (Å²) in [7, 11) is 0. The van der Waals surface area contributed by atoms with Gasteiger partial charge in [-0.3, -0.25) is 0 Å². The van der Waals surface area contributed by atoms with Gasteiger partial charge in [-0.2, -0.15) is 0 Å². The molecule has 0 aromatic carbocycles. The highest BCUT2D eigenvalue weighted by Gasteiger charge is 1.87. The van der Waals surface area contributed by atoms with Crippen LogP contribution in [-0.2, 0) is 0 Å². The second-order valence-corrected chi connectivity index (χ2v) is 3.65. The molecule has 2 N–H and O–H groups in total. The topological polar surface area (TPSA) is 26.0 Å². The van der Waals surface area contributed by atoms with Crippen LogP contribution in [-0.4, -0.2) is 6.54 Å². The quantitative estimate of drug-likeness (QED) is 0.458. The number of nitrogens with two attached hydrogens (primary N) is 1. The van der Waals surface area contributed by atoms with Crippen LogP contribution in [0.1, 0.15) is 65.2 Å². The molecule has 0 aromatic heterocycles. The lowest BCUT2D eigenvalue weighted by atomic mass is 10.1. The standard InChI is InChI=1S/C10H22.C3H7N/c1-3-5-7-9-10-8-6-4-2;1-2-3-4/h3-10H2,1-2H3;2H,1,3-4H2. The van der Waals surface area contributed by atoms with Crippen molar-refractivity contribution in [3.8, 4) is 0 Å². The van der Waals surface area contributed by atoms with Crippen molar-refractivity contribution in [1.29, 1.82) is 0 Å². The van der Waals surface area contributed by atoms with E-state index in [-0.39, 0.29) is 0 Å². The summed E-state index contributed by atoms with van der Waals surface area (Å²) in [6, 6.07) is 0. The van der Waals surface area contributed by atoms with E-state index in [1.807, 2.05) is 0 Å². The molecule has 0 fully saturated rings. The van der Waals surface area contributed by atoms with Crippen LogP contribution in [0.4, 0.5) is 0 Å². The molecule has 1 nitrogen and oxygen atoms in total. The highest BCUT2D eigenvalue weighted by molar-refractivity contribution is 4.64. The normalized spacial score (nSPS) is 9.07. The summed E-state index contributed by atoms with van der Waals surface area (Å²) in [5, 5.41) is 0. The maximum absolute atomic E-state index is 4.91. The third-order valence-electron chi connectivity index (χ3n) is 2.12. The Labute approximate surface area is 90.8 Å². The summed E-state index contributed by atoms with van der Waals surface area (Å²) in [6.45, 7) is 8.48. The Hall–Kier alpha value is -0.300. The molecule has 0 atom stereocenters. The first kappa shape index (κ1) is 16.1. The van der Waals surface area contributed by atoms with E-state index >= 15 is 0 Å². The van der Waals surface area contributed by atoms with Crippen LogP contribution < -0.4 is 5.73 Å². The van der Waals surface area contributed by atoms with Crippen molar-refractivity contribution >= 4 is 0 Å². The molecule has 0 amide bonds. The summed E-state index contributed by atoms with van der Waals surface area (Å²) in [5.41, 5.74) is 4.91.